The van der Waals surface area contributed by atoms with Crippen molar-refractivity contribution >= 4 is 0 Å². The van der Waals surface area contributed by atoms with E-state index >= 15 is 0 Å². The van der Waals surface area contributed by atoms with Crippen molar-refractivity contribution < 1.29 is 4.74 Å². The number of ether oxygens (including phenoxy) is 1. The van der Waals surface area contributed by atoms with Gasteiger partial charge in [-0.05, 0) is 47.1 Å². The molecular formula is C10H24N2O. The van der Waals surface area contributed by atoms with E-state index in [2.05, 4.69) is 13.8 Å². The van der Waals surface area contributed by atoms with Crippen LogP contribution in [-0.4, -0.2) is 24.3 Å². The summed E-state index contributed by atoms with van der Waals surface area (Å²) in [5.74, 6) is 0. The molecule has 0 rings (SSSR count). The molecule has 0 aliphatic heterocycles. The Morgan fingerprint density at radius 3 is 2.00 bits per heavy atom. The molecule has 0 unspecified atom stereocenters. The molecule has 0 aliphatic carbocycles. The Balaban J connectivity index is 3.63. The Morgan fingerprint density at radius 1 is 1.08 bits per heavy atom. The van der Waals surface area contributed by atoms with Crippen molar-refractivity contribution in [1.29, 1.82) is 0 Å². The predicted molar refractivity (Wildman–Crippen MR) is 56.6 cm³/mol. The van der Waals surface area contributed by atoms with Gasteiger partial charge in [0.25, 0.3) is 0 Å². The van der Waals surface area contributed by atoms with E-state index in [0.29, 0.717) is 13.2 Å². The lowest BCUT2D eigenvalue weighted by Gasteiger charge is -2.27. The van der Waals surface area contributed by atoms with Gasteiger partial charge < -0.3 is 16.2 Å². The molecule has 0 bridgehead atoms. The average molecular weight is 188 g/mol. The molecular weight excluding hydrogens is 164 g/mol. The maximum Gasteiger partial charge on any atom is 0.0638 e. The van der Waals surface area contributed by atoms with Crippen molar-refractivity contribution in [3.05, 3.63) is 0 Å². The van der Waals surface area contributed by atoms with Gasteiger partial charge in [0, 0.05) is 12.1 Å². The van der Waals surface area contributed by atoms with Crippen LogP contribution in [0.15, 0.2) is 0 Å². The van der Waals surface area contributed by atoms with Crippen LogP contribution >= 0.6 is 0 Å². The van der Waals surface area contributed by atoms with Gasteiger partial charge in [-0.3, -0.25) is 0 Å². The number of hydrogen-bond acceptors (Lipinski definition) is 3. The second kappa shape index (κ2) is 4.94. The highest BCUT2D eigenvalue weighted by Gasteiger charge is 2.18. The highest BCUT2D eigenvalue weighted by molar-refractivity contribution is 4.73. The Bertz CT molecular complexity index is 138. The lowest BCUT2D eigenvalue weighted by atomic mass is 10.0. The summed E-state index contributed by atoms with van der Waals surface area (Å²) in [5, 5.41) is 0. The molecule has 0 heterocycles. The van der Waals surface area contributed by atoms with Crippen molar-refractivity contribution in [2.45, 2.75) is 51.7 Å². The van der Waals surface area contributed by atoms with E-state index < -0.39 is 0 Å². The van der Waals surface area contributed by atoms with Crippen molar-refractivity contribution in [2.75, 3.05) is 13.2 Å². The molecule has 80 valence electrons. The Hall–Kier alpha value is -0.120. The molecule has 3 heteroatoms. The molecule has 0 aromatic rings. The Morgan fingerprint density at radius 2 is 1.62 bits per heavy atom. The van der Waals surface area contributed by atoms with Gasteiger partial charge in [0.2, 0.25) is 0 Å². The molecule has 4 N–H and O–H groups in total. The van der Waals surface area contributed by atoms with Gasteiger partial charge in [0.15, 0.2) is 0 Å². The molecule has 0 amide bonds. The second-order valence-electron chi connectivity index (χ2n) is 4.89. The molecule has 0 atom stereocenters. The molecule has 0 aromatic heterocycles. The topological polar surface area (TPSA) is 61.3 Å². The SMILES string of the molecule is CC(C)(N)CCOC(C)(C)CCN. The summed E-state index contributed by atoms with van der Waals surface area (Å²) in [6.45, 7) is 9.50. The summed E-state index contributed by atoms with van der Waals surface area (Å²) in [6.07, 6.45) is 1.76. The van der Waals surface area contributed by atoms with E-state index in [0.717, 1.165) is 12.8 Å². The van der Waals surface area contributed by atoms with Crippen molar-refractivity contribution in [3.63, 3.8) is 0 Å². The van der Waals surface area contributed by atoms with Crippen LogP contribution in [-0.2, 0) is 4.74 Å². The maximum atomic E-state index is 5.83. The predicted octanol–water partition coefficient (Wildman–Crippen LogP) is 1.26. The number of hydrogen-bond donors (Lipinski definition) is 2. The summed E-state index contributed by atoms with van der Waals surface area (Å²) in [5.41, 5.74) is 11.1. The van der Waals surface area contributed by atoms with Crippen LogP contribution in [0.1, 0.15) is 40.5 Å². The van der Waals surface area contributed by atoms with Crippen LogP contribution < -0.4 is 11.5 Å². The highest BCUT2D eigenvalue weighted by atomic mass is 16.5. The molecule has 0 aromatic carbocycles. The zero-order valence-corrected chi connectivity index (χ0v) is 9.39. The summed E-state index contributed by atoms with van der Waals surface area (Å²) in [6, 6.07) is 0. The maximum absolute atomic E-state index is 5.83. The van der Waals surface area contributed by atoms with Crippen molar-refractivity contribution in [1.82, 2.24) is 0 Å². The molecule has 0 aliphatic rings. The number of nitrogens with two attached hydrogens (primary N) is 2. The van der Waals surface area contributed by atoms with Gasteiger partial charge >= 0.3 is 0 Å². The van der Waals surface area contributed by atoms with Gasteiger partial charge in [0.1, 0.15) is 0 Å². The van der Waals surface area contributed by atoms with Crippen LogP contribution in [0.3, 0.4) is 0 Å². The summed E-state index contributed by atoms with van der Waals surface area (Å²) in [7, 11) is 0. The first kappa shape index (κ1) is 12.9. The Labute approximate surface area is 81.8 Å². The van der Waals surface area contributed by atoms with Gasteiger partial charge in [-0.1, -0.05) is 0 Å². The molecule has 13 heavy (non-hydrogen) atoms. The van der Waals surface area contributed by atoms with Crippen LogP contribution in [0.25, 0.3) is 0 Å². The third-order valence-corrected chi connectivity index (χ3v) is 1.99. The molecule has 0 spiro atoms. The van der Waals surface area contributed by atoms with Gasteiger partial charge in [-0.25, -0.2) is 0 Å². The smallest absolute Gasteiger partial charge is 0.0638 e. The van der Waals surface area contributed by atoms with Crippen molar-refractivity contribution in [3.8, 4) is 0 Å². The molecule has 3 nitrogen and oxygen atoms in total. The third-order valence-electron chi connectivity index (χ3n) is 1.99. The standard InChI is InChI=1S/C10H24N2O/c1-9(2,12)6-8-13-10(3,4)5-7-11/h5-8,11-12H2,1-4H3. The van der Waals surface area contributed by atoms with Crippen LogP contribution in [0.5, 0.6) is 0 Å². The number of rotatable bonds is 6. The van der Waals surface area contributed by atoms with Crippen LogP contribution in [0, 0.1) is 0 Å². The van der Waals surface area contributed by atoms with E-state index in [9.17, 15) is 0 Å². The van der Waals surface area contributed by atoms with Crippen molar-refractivity contribution in [2.24, 2.45) is 11.5 Å². The molecule has 0 saturated heterocycles. The highest BCUT2D eigenvalue weighted by Crippen LogP contribution is 2.15. The van der Waals surface area contributed by atoms with E-state index in [1.165, 1.54) is 0 Å². The zero-order chi connectivity index (χ0) is 10.5. The molecule has 0 radical (unpaired) electrons. The summed E-state index contributed by atoms with van der Waals surface area (Å²) < 4.78 is 5.69. The van der Waals surface area contributed by atoms with E-state index in [1.54, 1.807) is 0 Å². The van der Waals surface area contributed by atoms with Crippen LogP contribution in [0.4, 0.5) is 0 Å². The monoisotopic (exact) mass is 188 g/mol. The van der Waals surface area contributed by atoms with Gasteiger partial charge in [-0.2, -0.15) is 0 Å². The minimum absolute atomic E-state index is 0.111. The van der Waals surface area contributed by atoms with E-state index in [4.69, 9.17) is 16.2 Å². The fourth-order valence-corrected chi connectivity index (χ4v) is 1.01. The molecule has 0 saturated carbocycles. The fraction of sp³-hybridized carbons (Fsp3) is 1.00. The lowest BCUT2D eigenvalue weighted by Crippen LogP contribution is -2.36. The quantitative estimate of drug-likeness (QED) is 0.659. The third kappa shape index (κ3) is 8.22. The fourth-order valence-electron chi connectivity index (χ4n) is 1.01. The normalized spacial score (nSPS) is 13.4. The van der Waals surface area contributed by atoms with E-state index in [-0.39, 0.29) is 11.1 Å². The zero-order valence-electron chi connectivity index (χ0n) is 9.39. The molecule has 0 fully saturated rings. The first-order valence-corrected chi connectivity index (χ1v) is 4.90. The van der Waals surface area contributed by atoms with E-state index in [1.807, 2.05) is 13.8 Å². The van der Waals surface area contributed by atoms with Crippen LogP contribution in [0.2, 0.25) is 0 Å². The average Bonchev–Trinajstić information content (AvgIpc) is 1.82. The summed E-state index contributed by atoms with van der Waals surface area (Å²) >= 11 is 0. The van der Waals surface area contributed by atoms with Gasteiger partial charge in [0.05, 0.1) is 5.60 Å². The lowest BCUT2D eigenvalue weighted by molar-refractivity contribution is -0.0273. The summed E-state index contributed by atoms with van der Waals surface area (Å²) in [4.78, 5) is 0. The first-order chi connectivity index (χ1) is 5.77. The second-order valence-corrected chi connectivity index (χ2v) is 4.89. The first-order valence-electron chi connectivity index (χ1n) is 4.90. The minimum Gasteiger partial charge on any atom is -0.375 e. The van der Waals surface area contributed by atoms with Gasteiger partial charge in [-0.15, -0.1) is 0 Å². The Kier molecular flexibility index (Phi) is 4.89. The minimum atomic E-state index is -0.140. The largest absolute Gasteiger partial charge is 0.375 e.